The number of ether oxygens (including phenoxy) is 1. The van der Waals surface area contributed by atoms with Crippen molar-refractivity contribution in [3.05, 3.63) is 83.2 Å². The van der Waals surface area contributed by atoms with Crippen molar-refractivity contribution in [1.29, 1.82) is 0 Å². The number of rotatable bonds is 11. The van der Waals surface area contributed by atoms with Gasteiger partial charge in [-0.05, 0) is 75.4 Å². The third kappa shape index (κ3) is 6.34. The summed E-state index contributed by atoms with van der Waals surface area (Å²) in [6.07, 6.45) is 3.66. The highest BCUT2D eigenvalue weighted by Gasteiger charge is 2.21. The van der Waals surface area contributed by atoms with Crippen molar-refractivity contribution in [2.24, 2.45) is 0 Å². The number of esters is 1. The van der Waals surface area contributed by atoms with E-state index in [1.165, 1.54) is 5.56 Å². The quantitative estimate of drug-likeness (QED) is 0.372. The minimum absolute atomic E-state index is 0.0621. The van der Waals surface area contributed by atoms with E-state index in [2.05, 4.69) is 36.4 Å². The summed E-state index contributed by atoms with van der Waals surface area (Å²) in [4.78, 5) is 25.0. The molecule has 2 aromatic carbocycles. The van der Waals surface area contributed by atoms with Crippen LogP contribution in [-0.2, 0) is 11.2 Å². The summed E-state index contributed by atoms with van der Waals surface area (Å²) < 4.78 is 6.95. The van der Waals surface area contributed by atoms with E-state index in [-0.39, 0.29) is 17.9 Å². The Morgan fingerprint density at radius 2 is 1.68 bits per heavy atom. The van der Waals surface area contributed by atoms with E-state index in [0.29, 0.717) is 17.9 Å². The van der Waals surface area contributed by atoms with E-state index < -0.39 is 5.97 Å². The van der Waals surface area contributed by atoms with Crippen molar-refractivity contribution in [2.75, 3.05) is 6.61 Å². The summed E-state index contributed by atoms with van der Waals surface area (Å²) in [5.41, 5.74) is 3.95. The molecule has 34 heavy (non-hydrogen) atoms. The molecule has 0 aliphatic rings. The molecule has 1 heterocycles. The lowest BCUT2D eigenvalue weighted by molar-refractivity contribution is 0.0518. The van der Waals surface area contributed by atoms with Crippen LogP contribution in [0.1, 0.15) is 85.0 Å². The highest BCUT2D eigenvalue weighted by Crippen LogP contribution is 2.27. The van der Waals surface area contributed by atoms with Crippen molar-refractivity contribution in [1.82, 2.24) is 15.1 Å². The number of carbonyl (C=O) groups is 2. The smallest absolute Gasteiger partial charge is 0.358 e. The van der Waals surface area contributed by atoms with Crippen molar-refractivity contribution in [3.63, 3.8) is 0 Å². The van der Waals surface area contributed by atoms with E-state index in [1.807, 2.05) is 43.3 Å². The predicted molar refractivity (Wildman–Crippen MR) is 135 cm³/mol. The van der Waals surface area contributed by atoms with Gasteiger partial charge in [-0.25, -0.2) is 9.48 Å². The lowest BCUT2D eigenvalue weighted by Crippen LogP contribution is -2.32. The zero-order valence-electron chi connectivity index (χ0n) is 20.6. The number of aromatic nitrogens is 2. The molecule has 1 N–H and O–H groups in total. The molecule has 0 radical (unpaired) electrons. The van der Waals surface area contributed by atoms with Crippen molar-refractivity contribution >= 4 is 11.9 Å². The van der Waals surface area contributed by atoms with Gasteiger partial charge in [0.2, 0.25) is 0 Å². The van der Waals surface area contributed by atoms with Crippen LogP contribution in [0, 0.1) is 0 Å². The molecule has 0 bridgehead atoms. The Labute approximate surface area is 202 Å². The summed E-state index contributed by atoms with van der Waals surface area (Å²) >= 11 is 0. The minimum Gasteiger partial charge on any atom is -0.461 e. The lowest BCUT2D eigenvalue weighted by atomic mass is 9.99. The molecule has 0 saturated heterocycles. The molecule has 3 rings (SSSR count). The fourth-order valence-electron chi connectivity index (χ4n) is 4.07. The highest BCUT2D eigenvalue weighted by molar-refractivity contribution is 5.94. The molecule has 3 aromatic rings. The molecular weight excluding hydrogens is 426 g/mol. The molecule has 6 nitrogen and oxygen atoms in total. The molecule has 1 atom stereocenters. The summed E-state index contributed by atoms with van der Waals surface area (Å²) in [6.45, 7) is 8.37. The maximum Gasteiger partial charge on any atom is 0.358 e. The van der Waals surface area contributed by atoms with Crippen LogP contribution in [0.15, 0.2) is 60.7 Å². The number of hydrogen-bond acceptors (Lipinski definition) is 4. The van der Waals surface area contributed by atoms with Crippen LogP contribution in [0.2, 0.25) is 0 Å². The maximum atomic E-state index is 12.8. The summed E-state index contributed by atoms with van der Waals surface area (Å²) in [7, 11) is 0. The lowest BCUT2D eigenvalue weighted by Gasteiger charge is -2.16. The van der Waals surface area contributed by atoms with Crippen molar-refractivity contribution < 1.29 is 14.3 Å². The zero-order chi connectivity index (χ0) is 24.5. The van der Waals surface area contributed by atoms with E-state index >= 15 is 0 Å². The predicted octanol–water partition coefficient (Wildman–Crippen LogP) is 5.70. The van der Waals surface area contributed by atoms with Crippen LogP contribution in [0.25, 0.3) is 5.69 Å². The molecule has 1 amide bonds. The van der Waals surface area contributed by atoms with Gasteiger partial charge in [0.1, 0.15) is 0 Å². The van der Waals surface area contributed by atoms with Crippen LogP contribution in [0.5, 0.6) is 0 Å². The van der Waals surface area contributed by atoms with Crippen LogP contribution in [0.4, 0.5) is 0 Å². The molecule has 0 aliphatic carbocycles. The molecule has 0 aliphatic heterocycles. The topological polar surface area (TPSA) is 73.2 Å². The SMILES string of the molecule is CCOC(=O)c1cc(C(CC)CC)n(-c2ccc(C(=O)N[C@H](C)CCc3ccccc3)cc2)n1. The van der Waals surface area contributed by atoms with Gasteiger partial charge in [0, 0.05) is 23.2 Å². The van der Waals surface area contributed by atoms with Gasteiger partial charge in [-0.2, -0.15) is 5.10 Å². The summed E-state index contributed by atoms with van der Waals surface area (Å²) in [5.74, 6) is -0.252. The molecule has 180 valence electrons. The Kier molecular flexibility index (Phi) is 9.02. The van der Waals surface area contributed by atoms with E-state index in [4.69, 9.17) is 4.74 Å². The second kappa shape index (κ2) is 12.2. The zero-order valence-corrected chi connectivity index (χ0v) is 20.6. The van der Waals surface area contributed by atoms with Gasteiger partial charge in [-0.15, -0.1) is 0 Å². The number of aryl methyl sites for hydroxylation is 1. The normalized spacial score (nSPS) is 11.9. The number of hydrogen-bond donors (Lipinski definition) is 1. The molecule has 6 heteroatoms. The van der Waals surface area contributed by atoms with E-state index in [0.717, 1.165) is 37.1 Å². The fraction of sp³-hybridized carbons (Fsp3) is 0.393. The van der Waals surface area contributed by atoms with Gasteiger partial charge in [0.05, 0.1) is 12.3 Å². The maximum absolute atomic E-state index is 12.8. The molecular formula is C28H35N3O3. The number of nitrogens with zero attached hydrogens (tertiary/aromatic N) is 2. The molecule has 0 saturated carbocycles. The largest absolute Gasteiger partial charge is 0.461 e. The standard InChI is InChI=1S/C28H35N3O3/c1-5-22(6-2)26-19-25(28(33)34-7-3)30-31(26)24-17-15-23(16-18-24)27(32)29-20(4)13-14-21-11-9-8-10-12-21/h8-12,15-20,22H,5-7,13-14H2,1-4H3,(H,29,32)/t20-/m1/s1. The van der Waals surface area contributed by atoms with Crippen LogP contribution >= 0.6 is 0 Å². The Hall–Kier alpha value is -3.41. The molecule has 0 spiro atoms. The van der Waals surface area contributed by atoms with Crippen LogP contribution < -0.4 is 5.32 Å². The van der Waals surface area contributed by atoms with Gasteiger partial charge in [-0.1, -0.05) is 44.2 Å². The molecule has 1 aromatic heterocycles. The monoisotopic (exact) mass is 461 g/mol. The van der Waals surface area contributed by atoms with Gasteiger partial charge >= 0.3 is 5.97 Å². The first-order valence-corrected chi connectivity index (χ1v) is 12.2. The average molecular weight is 462 g/mol. The van der Waals surface area contributed by atoms with Crippen molar-refractivity contribution in [2.45, 2.75) is 65.3 Å². The Morgan fingerprint density at radius 3 is 2.29 bits per heavy atom. The second-order valence-corrected chi connectivity index (χ2v) is 8.55. The van der Waals surface area contributed by atoms with Crippen LogP contribution in [-0.4, -0.2) is 34.3 Å². The van der Waals surface area contributed by atoms with E-state index in [1.54, 1.807) is 23.7 Å². The Morgan fingerprint density at radius 1 is 1.00 bits per heavy atom. The van der Waals surface area contributed by atoms with Gasteiger partial charge in [-0.3, -0.25) is 4.79 Å². The number of nitrogens with one attached hydrogen (secondary N) is 1. The minimum atomic E-state index is -0.422. The Balaban J connectivity index is 1.72. The second-order valence-electron chi connectivity index (χ2n) is 8.55. The summed E-state index contributed by atoms with van der Waals surface area (Å²) in [5, 5.41) is 7.62. The Bertz CT molecular complexity index is 1070. The van der Waals surface area contributed by atoms with Crippen LogP contribution in [0.3, 0.4) is 0 Å². The first kappa shape index (κ1) is 25.2. The average Bonchev–Trinajstić information content (AvgIpc) is 3.30. The first-order chi connectivity index (χ1) is 16.5. The highest BCUT2D eigenvalue weighted by atomic mass is 16.5. The molecule has 0 fully saturated rings. The van der Waals surface area contributed by atoms with Crippen molar-refractivity contribution in [3.8, 4) is 5.69 Å². The van der Waals surface area contributed by atoms with Gasteiger partial charge < -0.3 is 10.1 Å². The molecule has 0 unspecified atom stereocenters. The fourth-order valence-corrected chi connectivity index (χ4v) is 4.07. The third-order valence-electron chi connectivity index (χ3n) is 6.09. The van der Waals surface area contributed by atoms with E-state index in [9.17, 15) is 9.59 Å². The van der Waals surface area contributed by atoms with Gasteiger partial charge in [0.15, 0.2) is 5.69 Å². The number of carbonyl (C=O) groups excluding carboxylic acids is 2. The number of benzene rings is 2. The summed E-state index contributed by atoms with van der Waals surface area (Å²) in [6, 6.07) is 19.5. The number of amides is 1. The third-order valence-corrected chi connectivity index (χ3v) is 6.09. The van der Waals surface area contributed by atoms with Gasteiger partial charge in [0.25, 0.3) is 5.91 Å². The first-order valence-electron chi connectivity index (χ1n) is 12.2.